The van der Waals surface area contributed by atoms with Crippen molar-refractivity contribution in [1.29, 1.82) is 0 Å². The summed E-state index contributed by atoms with van der Waals surface area (Å²) in [5, 5.41) is 6.39. The Bertz CT molecular complexity index is 945. The van der Waals surface area contributed by atoms with E-state index in [-0.39, 0.29) is 0 Å². The molecule has 0 radical (unpaired) electrons. The molecule has 3 rings (SSSR count). The molecule has 0 spiro atoms. The Morgan fingerprint density at radius 1 is 1.04 bits per heavy atom. The highest BCUT2D eigenvalue weighted by molar-refractivity contribution is 6.39. The van der Waals surface area contributed by atoms with Crippen molar-refractivity contribution in [2.45, 2.75) is 13.3 Å². The zero-order valence-electron chi connectivity index (χ0n) is 15.5. The lowest BCUT2D eigenvalue weighted by Gasteiger charge is -2.08. The molecule has 1 aromatic heterocycles. The van der Waals surface area contributed by atoms with Crippen molar-refractivity contribution in [2.24, 2.45) is 7.05 Å². The summed E-state index contributed by atoms with van der Waals surface area (Å²) in [5.74, 6) is -0.613. The molecule has 0 fully saturated rings. The number of carbonyl (C=O) groups is 2. The Hall–Kier alpha value is -3.28. The van der Waals surface area contributed by atoms with Crippen LogP contribution >= 0.6 is 0 Å². The van der Waals surface area contributed by atoms with E-state index in [0.29, 0.717) is 25.3 Å². The molecule has 6 nitrogen and oxygen atoms in total. The zero-order chi connectivity index (χ0) is 19.2. The fourth-order valence-electron chi connectivity index (χ4n) is 2.88. The van der Waals surface area contributed by atoms with E-state index < -0.39 is 11.8 Å². The van der Waals surface area contributed by atoms with E-state index in [0.717, 1.165) is 22.2 Å². The van der Waals surface area contributed by atoms with Gasteiger partial charge in [0.15, 0.2) is 0 Å². The molecule has 0 aliphatic rings. The van der Waals surface area contributed by atoms with Gasteiger partial charge in [0.1, 0.15) is 5.75 Å². The number of nitrogens with one attached hydrogen (secondary N) is 2. The average molecular weight is 365 g/mol. The molecule has 1 heterocycles. The first kappa shape index (κ1) is 18.5. The number of nitrogens with zero attached hydrogens (tertiary/aromatic N) is 1. The van der Waals surface area contributed by atoms with Crippen LogP contribution in [0.5, 0.6) is 5.75 Å². The molecule has 3 aromatic rings. The first-order valence-electron chi connectivity index (χ1n) is 8.93. The Kier molecular flexibility index (Phi) is 5.76. The van der Waals surface area contributed by atoms with Gasteiger partial charge in [-0.15, -0.1) is 0 Å². The third-order valence-electron chi connectivity index (χ3n) is 4.28. The van der Waals surface area contributed by atoms with Gasteiger partial charge in [-0.2, -0.15) is 0 Å². The smallest absolute Gasteiger partial charge is 0.313 e. The molecule has 0 aliphatic carbocycles. The highest BCUT2D eigenvalue weighted by atomic mass is 16.5. The lowest BCUT2D eigenvalue weighted by Crippen LogP contribution is -2.36. The van der Waals surface area contributed by atoms with Crippen LogP contribution in [0.15, 0.2) is 54.7 Å². The van der Waals surface area contributed by atoms with Gasteiger partial charge in [0.05, 0.1) is 6.61 Å². The minimum Gasteiger partial charge on any atom is -0.494 e. The van der Waals surface area contributed by atoms with E-state index in [1.807, 2.05) is 26.2 Å². The summed E-state index contributed by atoms with van der Waals surface area (Å²) >= 11 is 0. The number of ether oxygens (including phenoxy) is 1. The fraction of sp³-hybridized carbons (Fsp3) is 0.238. The van der Waals surface area contributed by atoms with Crippen LogP contribution in [0.3, 0.4) is 0 Å². The van der Waals surface area contributed by atoms with Gasteiger partial charge in [0.25, 0.3) is 0 Å². The molecule has 140 valence electrons. The second kappa shape index (κ2) is 8.40. The molecule has 0 aliphatic heterocycles. The fourth-order valence-corrected chi connectivity index (χ4v) is 2.88. The summed E-state index contributed by atoms with van der Waals surface area (Å²) in [6.45, 7) is 2.87. The molecule has 0 atom stereocenters. The number of carbonyl (C=O) groups excluding carboxylic acids is 2. The Balaban J connectivity index is 1.48. The van der Waals surface area contributed by atoms with E-state index >= 15 is 0 Å². The zero-order valence-corrected chi connectivity index (χ0v) is 15.5. The Labute approximate surface area is 158 Å². The minimum atomic E-state index is -0.683. The van der Waals surface area contributed by atoms with Gasteiger partial charge in [-0.05, 0) is 66.8 Å². The van der Waals surface area contributed by atoms with Crippen molar-refractivity contribution >= 4 is 28.4 Å². The van der Waals surface area contributed by atoms with Crippen molar-refractivity contribution in [1.82, 2.24) is 9.88 Å². The predicted molar refractivity (Wildman–Crippen MR) is 106 cm³/mol. The lowest BCUT2D eigenvalue weighted by molar-refractivity contribution is -0.136. The van der Waals surface area contributed by atoms with Crippen LogP contribution < -0.4 is 15.4 Å². The Morgan fingerprint density at radius 2 is 1.81 bits per heavy atom. The van der Waals surface area contributed by atoms with Crippen LogP contribution in [0.25, 0.3) is 10.9 Å². The maximum Gasteiger partial charge on any atom is 0.313 e. The highest BCUT2D eigenvalue weighted by Crippen LogP contribution is 2.17. The van der Waals surface area contributed by atoms with Crippen LogP contribution in [0.1, 0.15) is 12.5 Å². The van der Waals surface area contributed by atoms with Crippen LogP contribution in [0, 0.1) is 0 Å². The molecule has 2 N–H and O–H groups in total. The van der Waals surface area contributed by atoms with Gasteiger partial charge in [-0.3, -0.25) is 9.59 Å². The average Bonchev–Trinajstić information content (AvgIpc) is 3.04. The largest absolute Gasteiger partial charge is 0.494 e. The number of fused-ring (bicyclic) bond motifs is 1. The third-order valence-corrected chi connectivity index (χ3v) is 4.28. The van der Waals surface area contributed by atoms with Crippen LogP contribution in [-0.2, 0) is 23.1 Å². The second-order valence-electron chi connectivity index (χ2n) is 6.24. The van der Waals surface area contributed by atoms with Gasteiger partial charge in [0.2, 0.25) is 0 Å². The summed E-state index contributed by atoms with van der Waals surface area (Å²) in [4.78, 5) is 24.0. The molecule has 0 saturated heterocycles. The van der Waals surface area contributed by atoms with Gasteiger partial charge >= 0.3 is 11.8 Å². The van der Waals surface area contributed by atoms with Crippen molar-refractivity contribution in [3.05, 3.63) is 60.3 Å². The molecular formula is C21H23N3O3. The van der Waals surface area contributed by atoms with Crippen LogP contribution in [0.4, 0.5) is 5.69 Å². The maximum atomic E-state index is 12.0. The second-order valence-corrected chi connectivity index (χ2v) is 6.24. The lowest BCUT2D eigenvalue weighted by atomic mass is 10.1. The van der Waals surface area contributed by atoms with E-state index in [4.69, 9.17) is 4.74 Å². The van der Waals surface area contributed by atoms with Crippen molar-refractivity contribution < 1.29 is 14.3 Å². The summed E-state index contributed by atoms with van der Waals surface area (Å²) in [5.41, 5.74) is 2.83. The predicted octanol–water partition coefficient (Wildman–Crippen LogP) is 2.87. The van der Waals surface area contributed by atoms with Crippen LogP contribution in [0.2, 0.25) is 0 Å². The van der Waals surface area contributed by atoms with Gasteiger partial charge in [-0.1, -0.05) is 6.07 Å². The van der Waals surface area contributed by atoms with Gasteiger partial charge in [-0.25, -0.2) is 0 Å². The summed E-state index contributed by atoms with van der Waals surface area (Å²) in [7, 11) is 2.01. The van der Waals surface area contributed by atoms with Crippen molar-refractivity contribution in [3.8, 4) is 5.75 Å². The normalized spacial score (nSPS) is 10.6. The monoisotopic (exact) mass is 365 g/mol. The molecule has 2 amide bonds. The summed E-state index contributed by atoms with van der Waals surface area (Å²) < 4.78 is 7.40. The standard InChI is InChI=1S/C21H23N3O3/c1-3-27-18-7-5-17(6-8-18)23-21(26)20(25)22-12-10-15-4-9-19-16(14-15)11-13-24(19)2/h4-9,11,13-14H,3,10,12H2,1-2H3,(H,22,25)(H,23,26). The summed E-state index contributed by atoms with van der Waals surface area (Å²) in [6, 6.07) is 15.1. The number of anilines is 1. The SMILES string of the molecule is CCOc1ccc(NC(=O)C(=O)NCCc2ccc3c(ccn3C)c2)cc1. The van der Waals surface area contributed by atoms with Gasteiger partial charge in [0, 0.05) is 31.0 Å². The highest BCUT2D eigenvalue weighted by Gasteiger charge is 2.13. The number of rotatable bonds is 6. The van der Waals surface area contributed by atoms with E-state index in [9.17, 15) is 9.59 Å². The first-order valence-corrected chi connectivity index (χ1v) is 8.93. The number of hydrogen-bond donors (Lipinski definition) is 2. The number of amides is 2. The molecule has 2 aromatic carbocycles. The van der Waals surface area contributed by atoms with E-state index in [1.54, 1.807) is 24.3 Å². The molecule has 27 heavy (non-hydrogen) atoms. The van der Waals surface area contributed by atoms with Crippen molar-refractivity contribution in [3.63, 3.8) is 0 Å². The third kappa shape index (κ3) is 4.67. The molecular weight excluding hydrogens is 342 g/mol. The summed E-state index contributed by atoms with van der Waals surface area (Å²) in [6.07, 6.45) is 2.67. The quantitative estimate of drug-likeness (QED) is 0.660. The van der Waals surface area contributed by atoms with E-state index in [1.165, 1.54) is 0 Å². The number of aromatic nitrogens is 1. The molecule has 0 saturated carbocycles. The first-order chi connectivity index (χ1) is 13.1. The molecule has 0 unspecified atom stereocenters. The molecule has 0 bridgehead atoms. The topological polar surface area (TPSA) is 72.4 Å². The maximum absolute atomic E-state index is 12.0. The van der Waals surface area contributed by atoms with E-state index in [2.05, 4.69) is 33.4 Å². The molecule has 6 heteroatoms. The number of hydrogen-bond acceptors (Lipinski definition) is 3. The van der Waals surface area contributed by atoms with Gasteiger partial charge < -0.3 is 19.9 Å². The minimum absolute atomic E-state index is 0.397. The van der Waals surface area contributed by atoms with Crippen LogP contribution in [-0.4, -0.2) is 29.5 Å². The number of benzene rings is 2. The number of aryl methyl sites for hydroxylation is 1. The Morgan fingerprint density at radius 3 is 2.56 bits per heavy atom. The van der Waals surface area contributed by atoms with Crippen molar-refractivity contribution in [2.75, 3.05) is 18.5 Å².